The lowest BCUT2D eigenvalue weighted by atomic mass is 10.3. The van der Waals surface area contributed by atoms with Gasteiger partial charge in [0.25, 0.3) is 0 Å². The SMILES string of the molecule is CNCc1ccn(CCOc2ccccc2OC)n1. The van der Waals surface area contributed by atoms with Crippen molar-refractivity contribution in [3.05, 3.63) is 42.2 Å². The fourth-order valence-electron chi connectivity index (χ4n) is 1.79. The third-order valence-electron chi connectivity index (χ3n) is 2.70. The van der Waals surface area contributed by atoms with Gasteiger partial charge in [-0.15, -0.1) is 0 Å². The van der Waals surface area contributed by atoms with Gasteiger partial charge in [0.05, 0.1) is 19.3 Å². The van der Waals surface area contributed by atoms with Gasteiger partial charge in [0, 0.05) is 12.7 Å². The van der Waals surface area contributed by atoms with E-state index in [1.165, 1.54) is 0 Å². The van der Waals surface area contributed by atoms with E-state index in [1.54, 1.807) is 7.11 Å². The van der Waals surface area contributed by atoms with Crippen LogP contribution in [-0.4, -0.2) is 30.5 Å². The van der Waals surface area contributed by atoms with E-state index in [2.05, 4.69) is 10.4 Å². The summed E-state index contributed by atoms with van der Waals surface area (Å²) in [5, 5.41) is 7.49. The topological polar surface area (TPSA) is 48.3 Å². The highest BCUT2D eigenvalue weighted by molar-refractivity contribution is 5.39. The van der Waals surface area contributed by atoms with Gasteiger partial charge in [-0.3, -0.25) is 4.68 Å². The van der Waals surface area contributed by atoms with Gasteiger partial charge in [-0.2, -0.15) is 5.10 Å². The van der Waals surface area contributed by atoms with Crippen LogP contribution in [0.4, 0.5) is 0 Å². The number of hydrogen-bond donors (Lipinski definition) is 1. The Morgan fingerprint density at radius 2 is 2.00 bits per heavy atom. The monoisotopic (exact) mass is 261 g/mol. The predicted octanol–water partition coefficient (Wildman–Crippen LogP) is 1.69. The smallest absolute Gasteiger partial charge is 0.161 e. The third-order valence-corrected chi connectivity index (χ3v) is 2.70. The molecule has 1 aromatic carbocycles. The Morgan fingerprint density at radius 1 is 1.21 bits per heavy atom. The molecule has 2 rings (SSSR count). The summed E-state index contributed by atoms with van der Waals surface area (Å²) in [7, 11) is 3.55. The number of hydrogen-bond acceptors (Lipinski definition) is 4. The molecule has 0 saturated heterocycles. The Hall–Kier alpha value is -2.01. The normalized spacial score (nSPS) is 10.4. The molecule has 0 bridgehead atoms. The van der Waals surface area contributed by atoms with E-state index in [4.69, 9.17) is 9.47 Å². The minimum absolute atomic E-state index is 0.557. The van der Waals surface area contributed by atoms with Crippen LogP contribution < -0.4 is 14.8 Å². The van der Waals surface area contributed by atoms with Crippen molar-refractivity contribution >= 4 is 0 Å². The van der Waals surface area contributed by atoms with E-state index in [0.29, 0.717) is 13.2 Å². The van der Waals surface area contributed by atoms with Crippen LogP contribution in [0.2, 0.25) is 0 Å². The Morgan fingerprint density at radius 3 is 2.74 bits per heavy atom. The molecule has 0 aliphatic carbocycles. The number of benzene rings is 1. The second kappa shape index (κ2) is 6.80. The summed E-state index contributed by atoms with van der Waals surface area (Å²) in [6, 6.07) is 9.63. The summed E-state index contributed by atoms with van der Waals surface area (Å²) in [5.41, 5.74) is 1.03. The van der Waals surface area contributed by atoms with Gasteiger partial charge in [0.1, 0.15) is 6.61 Å². The summed E-state index contributed by atoms with van der Waals surface area (Å²) in [5.74, 6) is 1.51. The molecule has 1 heterocycles. The molecule has 0 fully saturated rings. The standard InChI is InChI=1S/C14H19N3O2/c1-15-11-12-7-8-17(16-12)9-10-19-14-6-4-3-5-13(14)18-2/h3-8,15H,9-11H2,1-2H3. The number of para-hydroxylation sites is 2. The van der Waals surface area contributed by atoms with E-state index >= 15 is 0 Å². The van der Waals surface area contributed by atoms with Crippen molar-refractivity contribution in [1.82, 2.24) is 15.1 Å². The zero-order valence-corrected chi connectivity index (χ0v) is 11.3. The minimum atomic E-state index is 0.557. The molecule has 0 unspecified atom stereocenters. The predicted molar refractivity (Wildman–Crippen MR) is 73.5 cm³/mol. The maximum atomic E-state index is 5.70. The lowest BCUT2D eigenvalue weighted by Gasteiger charge is -2.10. The quantitative estimate of drug-likeness (QED) is 0.824. The Balaban J connectivity index is 1.85. The van der Waals surface area contributed by atoms with E-state index < -0.39 is 0 Å². The molecule has 5 nitrogen and oxygen atoms in total. The highest BCUT2D eigenvalue weighted by Crippen LogP contribution is 2.25. The first-order valence-electron chi connectivity index (χ1n) is 6.26. The van der Waals surface area contributed by atoms with E-state index in [1.807, 2.05) is 48.3 Å². The van der Waals surface area contributed by atoms with Crippen LogP contribution in [0.25, 0.3) is 0 Å². The highest BCUT2D eigenvalue weighted by Gasteiger charge is 2.03. The van der Waals surface area contributed by atoms with Crippen molar-refractivity contribution < 1.29 is 9.47 Å². The van der Waals surface area contributed by atoms with E-state index in [0.717, 1.165) is 23.7 Å². The first-order chi connectivity index (χ1) is 9.33. The number of nitrogens with one attached hydrogen (secondary N) is 1. The number of nitrogens with zero attached hydrogens (tertiary/aromatic N) is 2. The van der Waals surface area contributed by atoms with Crippen molar-refractivity contribution in [2.24, 2.45) is 0 Å². The molecule has 0 atom stereocenters. The summed E-state index contributed by atoms with van der Waals surface area (Å²) >= 11 is 0. The Kier molecular flexibility index (Phi) is 4.80. The molecule has 0 amide bonds. The molecule has 0 aliphatic heterocycles. The maximum Gasteiger partial charge on any atom is 0.161 e. The number of ether oxygens (including phenoxy) is 2. The van der Waals surface area contributed by atoms with Crippen LogP contribution in [0.1, 0.15) is 5.69 Å². The molecule has 0 aliphatic rings. The van der Waals surface area contributed by atoms with Crippen LogP contribution in [0.3, 0.4) is 0 Å². The van der Waals surface area contributed by atoms with Crippen molar-refractivity contribution in [3.8, 4) is 11.5 Å². The van der Waals surface area contributed by atoms with Crippen LogP contribution >= 0.6 is 0 Å². The maximum absolute atomic E-state index is 5.70. The van der Waals surface area contributed by atoms with Crippen molar-refractivity contribution in [2.75, 3.05) is 20.8 Å². The van der Waals surface area contributed by atoms with E-state index in [9.17, 15) is 0 Å². The van der Waals surface area contributed by atoms with Crippen LogP contribution in [-0.2, 0) is 13.1 Å². The van der Waals surface area contributed by atoms with Crippen molar-refractivity contribution in [2.45, 2.75) is 13.1 Å². The first kappa shape index (κ1) is 13.4. The molecular formula is C14H19N3O2. The third kappa shape index (κ3) is 3.72. The average molecular weight is 261 g/mol. The molecule has 1 N–H and O–H groups in total. The van der Waals surface area contributed by atoms with Crippen LogP contribution in [0.5, 0.6) is 11.5 Å². The van der Waals surface area contributed by atoms with E-state index in [-0.39, 0.29) is 0 Å². The van der Waals surface area contributed by atoms with Gasteiger partial charge in [-0.25, -0.2) is 0 Å². The number of rotatable bonds is 7. The fourth-order valence-corrected chi connectivity index (χ4v) is 1.79. The first-order valence-corrected chi connectivity index (χ1v) is 6.26. The average Bonchev–Trinajstić information content (AvgIpc) is 2.87. The number of methoxy groups -OCH3 is 1. The summed E-state index contributed by atoms with van der Waals surface area (Å²) in [6.07, 6.45) is 1.96. The lowest BCUT2D eigenvalue weighted by Crippen LogP contribution is -2.11. The van der Waals surface area contributed by atoms with Crippen molar-refractivity contribution in [3.63, 3.8) is 0 Å². The summed E-state index contributed by atoms with van der Waals surface area (Å²) < 4.78 is 12.8. The largest absolute Gasteiger partial charge is 0.493 e. The van der Waals surface area contributed by atoms with Gasteiger partial charge in [-0.1, -0.05) is 12.1 Å². The second-order valence-corrected chi connectivity index (χ2v) is 4.10. The molecule has 0 saturated carbocycles. The molecule has 2 aromatic rings. The van der Waals surface area contributed by atoms with Gasteiger partial charge in [0.2, 0.25) is 0 Å². The van der Waals surface area contributed by atoms with Gasteiger partial charge >= 0.3 is 0 Å². The molecule has 0 radical (unpaired) electrons. The van der Waals surface area contributed by atoms with Crippen LogP contribution in [0.15, 0.2) is 36.5 Å². The van der Waals surface area contributed by atoms with Crippen LogP contribution in [0, 0.1) is 0 Å². The Bertz CT molecular complexity index is 511. The molecule has 5 heteroatoms. The number of aromatic nitrogens is 2. The Labute approximate surface area is 113 Å². The minimum Gasteiger partial charge on any atom is -0.493 e. The zero-order chi connectivity index (χ0) is 13.5. The second-order valence-electron chi connectivity index (χ2n) is 4.10. The molecule has 1 aromatic heterocycles. The summed E-state index contributed by atoms with van der Waals surface area (Å²) in [6.45, 7) is 2.04. The molecule has 19 heavy (non-hydrogen) atoms. The van der Waals surface area contributed by atoms with Gasteiger partial charge in [0.15, 0.2) is 11.5 Å². The fraction of sp³-hybridized carbons (Fsp3) is 0.357. The van der Waals surface area contributed by atoms with Crippen molar-refractivity contribution in [1.29, 1.82) is 0 Å². The molecule has 0 spiro atoms. The highest BCUT2D eigenvalue weighted by atomic mass is 16.5. The molecule has 102 valence electrons. The summed E-state index contributed by atoms with van der Waals surface area (Å²) in [4.78, 5) is 0. The van der Waals surface area contributed by atoms with Gasteiger partial charge in [-0.05, 0) is 25.2 Å². The van der Waals surface area contributed by atoms with Gasteiger partial charge < -0.3 is 14.8 Å². The zero-order valence-electron chi connectivity index (χ0n) is 11.3. The lowest BCUT2D eigenvalue weighted by molar-refractivity contribution is 0.274. The molecular weight excluding hydrogens is 242 g/mol.